The molecule has 1 fully saturated rings. The quantitative estimate of drug-likeness (QED) is 0.820. The first-order chi connectivity index (χ1) is 10.4. The van der Waals surface area contributed by atoms with Gasteiger partial charge in [-0.2, -0.15) is 5.26 Å². The summed E-state index contributed by atoms with van der Waals surface area (Å²) < 4.78 is 5.57. The molecule has 1 atom stereocenters. The van der Waals surface area contributed by atoms with Crippen molar-refractivity contribution in [2.75, 3.05) is 38.7 Å². The van der Waals surface area contributed by atoms with Crippen molar-refractivity contribution in [3.8, 4) is 6.07 Å². The maximum atomic E-state index is 12.1. The van der Waals surface area contributed by atoms with Gasteiger partial charge in [-0.05, 0) is 31.9 Å². The van der Waals surface area contributed by atoms with Crippen LogP contribution in [0.1, 0.15) is 22.4 Å². The Morgan fingerprint density at radius 1 is 1.36 bits per heavy atom. The van der Waals surface area contributed by atoms with Crippen LogP contribution in [-0.4, -0.2) is 55.7 Å². The van der Waals surface area contributed by atoms with Crippen LogP contribution in [0.4, 0.5) is 5.82 Å². The third-order valence-electron chi connectivity index (χ3n) is 4.17. The second kappa shape index (κ2) is 6.32. The van der Waals surface area contributed by atoms with Crippen molar-refractivity contribution < 1.29 is 9.53 Å². The number of carbonyl (C=O) groups is 1. The van der Waals surface area contributed by atoms with Gasteiger partial charge in [0.05, 0.1) is 18.7 Å². The highest BCUT2D eigenvalue weighted by molar-refractivity contribution is 5.81. The lowest BCUT2D eigenvalue weighted by Crippen LogP contribution is -2.50. The van der Waals surface area contributed by atoms with Gasteiger partial charge in [0.2, 0.25) is 0 Å². The predicted molar refractivity (Wildman–Crippen MR) is 83.8 cm³/mol. The fourth-order valence-corrected chi connectivity index (χ4v) is 2.57. The lowest BCUT2D eigenvalue weighted by atomic mass is 10.0. The Bertz CT molecular complexity index is 634. The van der Waals surface area contributed by atoms with Gasteiger partial charge in [-0.15, -0.1) is 0 Å². The number of nitriles is 1. The van der Waals surface area contributed by atoms with E-state index in [0.717, 1.165) is 16.8 Å². The SMILES string of the molecule is Cc1nc(N2CCO[C@@H](C(=O)N(C)C)C2)c(C#N)c(C)c1C. The summed E-state index contributed by atoms with van der Waals surface area (Å²) >= 11 is 0. The van der Waals surface area contributed by atoms with Crippen molar-refractivity contribution in [1.29, 1.82) is 5.26 Å². The summed E-state index contributed by atoms with van der Waals surface area (Å²) in [6.07, 6.45) is -0.515. The van der Waals surface area contributed by atoms with Crippen LogP contribution in [0.5, 0.6) is 0 Å². The van der Waals surface area contributed by atoms with Crippen LogP contribution >= 0.6 is 0 Å². The van der Waals surface area contributed by atoms with Crippen LogP contribution in [0, 0.1) is 32.1 Å². The van der Waals surface area contributed by atoms with Crippen molar-refractivity contribution in [3.05, 3.63) is 22.4 Å². The molecule has 0 unspecified atom stereocenters. The molecule has 6 heteroatoms. The van der Waals surface area contributed by atoms with E-state index in [2.05, 4.69) is 11.1 Å². The summed E-state index contributed by atoms with van der Waals surface area (Å²) in [6.45, 7) is 7.34. The summed E-state index contributed by atoms with van der Waals surface area (Å²) in [5.74, 6) is 0.590. The maximum Gasteiger partial charge on any atom is 0.253 e. The number of amides is 1. The number of nitrogens with zero attached hydrogens (tertiary/aromatic N) is 4. The Kier molecular flexibility index (Phi) is 4.67. The lowest BCUT2D eigenvalue weighted by Gasteiger charge is -2.35. The molecular formula is C16H22N4O2. The van der Waals surface area contributed by atoms with Gasteiger partial charge in [-0.1, -0.05) is 0 Å². The number of pyridine rings is 1. The van der Waals surface area contributed by atoms with Crippen LogP contribution in [-0.2, 0) is 9.53 Å². The molecule has 1 aromatic heterocycles. The second-order valence-electron chi connectivity index (χ2n) is 5.80. The summed E-state index contributed by atoms with van der Waals surface area (Å²) in [4.78, 5) is 20.2. The first kappa shape index (κ1) is 16.2. The predicted octanol–water partition coefficient (Wildman–Crippen LogP) is 1.17. The molecule has 1 saturated heterocycles. The molecule has 2 rings (SSSR count). The number of hydrogen-bond donors (Lipinski definition) is 0. The molecule has 0 radical (unpaired) electrons. The number of ether oxygens (including phenoxy) is 1. The molecule has 1 aliphatic rings. The fourth-order valence-electron chi connectivity index (χ4n) is 2.57. The zero-order valence-electron chi connectivity index (χ0n) is 13.8. The Morgan fingerprint density at radius 2 is 2.05 bits per heavy atom. The van der Waals surface area contributed by atoms with Gasteiger partial charge in [0.25, 0.3) is 5.91 Å². The zero-order valence-corrected chi connectivity index (χ0v) is 13.8. The molecule has 6 nitrogen and oxygen atoms in total. The summed E-state index contributed by atoms with van der Waals surface area (Å²) in [5, 5.41) is 9.49. The Morgan fingerprint density at radius 3 is 2.64 bits per heavy atom. The van der Waals surface area contributed by atoms with E-state index in [0.29, 0.717) is 31.1 Å². The van der Waals surface area contributed by atoms with E-state index in [1.165, 1.54) is 4.90 Å². The van der Waals surface area contributed by atoms with Gasteiger partial charge in [-0.25, -0.2) is 4.98 Å². The van der Waals surface area contributed by atoms with Crippen molar-refractivity contribution in [2.24, 2.45) is 0 Å². The minimum Gasteiger partial charge on any atom is -0.365 e. The normalized spacial score (nSPS) is 18.0. The fraction of sp³-hybridized carbons (Fsp3) is 0.562. The van der Waals surface area contributed by atoms with E-state index in [1.54, 1.807) is 14.1 Å². The van der Waals surface area contributed by atoms with Gasteiger partial charge in [-0.3, -0.25) is 4.79 Å². The van der Waals surface area contributed by atoms with E-state index in [9.17, 15) is 10.1 Å². The van der Waals surface area contributed by atoms with E-state index >= 15 is 0 Å². The number of aromatic nitrogens is 1. The van der Waals surface area contributed by atoms with Gasteiger partial charge >= 0.3 is 0 Å². The van der Waals surface area contributed by atoms with Crippen molar-refractivity contribution in [1.82, 2.24) is 9.88 Å². The first-order valence-electron chi connectivity index (χ1n) is 7.32. The minimum absolute atomic E-state index is 0.0660. The number of anilines is 1. The first-order valence-corrected chi connectivity index (χ1v) is 7.32. The number of morpholine rings is 1. The van der Waals surface area contributed by atoms with Gasteiger partial charge in [0, 0.05) is 26.3 Å². The van der Waals surface area contributed by atoms with Crippen molar-refractivity contribution in [3.63, 3.8) is 0 Å². The molecule has 1 amide bonds. The highest BCUT2D eigenvalue weighted by Crippen LogP contribution is 2.26. The largest absolute Gasteiger partial charge is 0.365 e. The molecule has 0 saturated carbocycles. The monoisotopic (exact) mass is 302 g/mol. The molecule has 0 N–H and O–H groups in total. The van der Waals surface area contributed by atoms with E-state index in [1.807, 2.05) is 25.7 Å². The zero-order chi connectivity index (χ0) is 16.4. The second-order valence-corrected chi connectivity index (χ2v) is 5.80. The molecule has 0 bridgehead atoms. The van der Waals surface area contributed by atoms with Crippen LogP contribution in [0.25, 0.3) is 0 Å². The highest BCUT2D eigenvalue weighted by Gasteiger charge is 2.30. The number of carbonyl (C=O) groups excluding carboxylic acids is 1. The summed E-state index contributed by atoms with van der Waals surface area (Å²) in [7, 11) is 3.42. The average Bonchev–Trinajstić information content (AvgIpc) is 2.51. The van der Waals surface area contributed by atoms with Crippen LogP contribution < -0.4 is 4.90 Å². The topological polar surface area (TPSA) is 69.5 Å². The highest BCUT2D eigenvalue weighted by atomic mass is 16.5. The van der Waals surface area contributed by atoms with Crippen LogP contribution in [0.15, 0.2) is 0 Å². The number of likely N-dealkylation sites (N-methyl/N-ethyl adjacent to an activating group) is 1. The molecular weight excluding hydrogens is 280 g/mol. The molecule has 0 aromatic carbocycles. The molecule has 1 aliphatic heterocycles. The average molecular weight is 302 g/mol. The molecule has 0 spiro atoms. The Hall–Kier alpha value is -2.13. The molecule has 2 heterocycles. The van der Waals surface area contributed by atoms with Crippen LogP contribution in [0.3, 0.4) is 0 Å². The standard InChI is InChI=1S/C16H22N4O2/c1-10-11(2)13(8-17)15(18-12(10)3)20-6-7-22-14(9-20)16(21)19(4)5/h14H,6-7,9H2,1-5H3/t14-/m1/s1. The van der Waals surface area contributed by atoms with E-state index in [4.69, 9.17) is 4.74 Å². The van der Waals surface area contributed by atoms with Gasteiger partial charge in [0.15, 0.2) is 6.10 Å². The van der Waals surface area contributed by atoms with E-state index in [-0.39, 0.29) is 5.91 Å². The Balaban J connectivity index is 2.36. The van der Waals surface area contributed by atoms with Gasteiger partial charge in [0.1, 0.15) is 11.9 Å². The lowest BCUT2D eigenvalue weighted by molar-refractivity contribution is -0.141. The molecule has 0 aliphatic carbocycles. The number of rotatable bonds is 2. The maximum absolute atomic E-state index is 12.1. The minimum atomic E-state index is -0.515. The smallest absolute Gasteiger partial charge is 0.253 e. The summed E-state index contributed by atoms with van der Waals surface area (Å²) in [5.41, 5.74) is 3.48. The van der Waals surface area contributed by atoms with Crippen LogP contribution in [0.2, 0.25) is 0 Å². The third-order valence-corrected chi connectivity index (χ3v) is 4.17. The Labute approximate surface area is 131 Å². The summed E-state index contributed by atoms with van der Waals surface area (Å²) in [6, 6.07) is 2.26. The molecule has 118 valence electrons. The van der Waals surface area contributed by atoms with Crippen molar-refractivity contribution >= 4 is 11.7 Å². The van der Waals surface area contributed by atoms with Crippen molar-refractivity contribution in [2.45, 2.75) is 26.9 Å². The molecule has 1 aromatic rings. The van der Waals surface area contributed by atoms with Gasteiger partial charge < -0.3 is 14.5 Å². The number of aryl methyl sites for hydroxylation is 1. The third kappa shape index (κ3) is 2.90. The van der Waals surface area contributed by atoms with E-state index < -0.39 is 6.10 Å². The number of hydrogen-bond acceptors (Lipinski definition) is 5. The molecule has 22 heavy (non-hydrogen) atoms.